The number of hydrogen-bond donors (Lipinski definition) is 2. The molecule has 0 radical (unpaired) electrons. The molecule has 2 aliphatic rings. The first-order chi connectivity index (χ1) is 7.34. The molecule has 1 aromatic carbocycles. The van der Waals surface area contributed by atoms with Gasteiger partial charge in [0, 0.05) is 31.4 Å². The third-order valence-electron chi connectivity index (χ3n) is 3.37. The number of hydrogen-bond acceptors (Lipinski definition) is 3. The molecular formula is C12H17N3. The van der Waals surface area contributed by atoms with E-state index < -0.39 is 0 Å². The molecule has 2 heterocycles. The van der Waals surface area contributed by atoms with E-state index in [0.29, 0.717) is 6.04 Å². The van der Waals surface area contributed by atoms with Crippen LogP contribution in [0.5, 0.6) is 0 Å². The molecule has 3 N–H and O–H groups in total. The van der Waals surface area contributed by atoms with E-state index in [-0.39, 0.29) is 0 Å². The zero-order chi connectivity index (χ0) is 10.3. The highest BCUT2D eigenvalue weighted by Crippen LogP contribution is 2.29. The van der Waals surface area contributed by atoms with Crippen molar-refractivity contribution in [1.82, 2.24) is 5.32 Å². The van der Waals surface area contributed by atoms with Crippen molar-refractivity contribution in [3.05, 3.63) is 29.3 Å². The van der Waals surface area contributed by atoms with Crippen LogP contribution in [0.2, 0.25) is 0 Å². The van der Waals surface area contributed by atoms with Crippen LogP contribution in [-0.2, 0) is 13.0 Å². The fourth-order valence-electron chi connectivity index (χ4n) is 2.52. The molecule has 1 saturated heterocycles. The third kappa shape index (κ3) is 1.52. The van der Waals surface area contributed by atoms with Gasteiger partial charge in [-0.25, -0.2) is 0 Å². The van der Waals surface area contributed by atoms with Crippen molar-refractivity contribution in [1.29, 1.82) is 0 Å². The number of nitrogens with one attached hydrogen (secondary N) is 1. The van der Waals surface area contributed by atoms with Crippen molar-refractivity contribution < 1.29 is 0 Å². The lowest BCUT2D eigenvalue weighted by molar-refractivity contribution is 0.515. The highest BCUT2D eigenvalue weighted by molar-refractivity contribution is 5.59. The maximum Gasteiger partial charge on any atom is 0.0403 e. The van der Waals surface area contributed by atoms with Crippen LogP contribution in [0.15, 0.2) is 18.2 Å². The minimum Gasteiger partial charge on any atom is -0.368 e. The number of rotatable bonds is 1. The van der Waals surface area contributed by atoms with Gasteiger partial charge in [-0.2, -0.15) is 0 Å². The van der Waals surface area contributed by atoms with Gasteiger partial charge in [-0.3, -0.25) is 0 Å². The summed E-state index contributed by atoms with van der Waals surface area (Å²) in [7, 11) is 0. The zero-order valence-corrected chi connectivity index (χ0v) is 8.87. The molecule has 0 aliphatic carbocycles. The van der Waals surface area contributed by atoms with E-state index in [1.165, 1.54) is 16.8 Å². The Kier molecular flexibility index (Phi) is 2.15. The quantitative estimate of drug-likeness (QED) is 0.697. The Morgan fingerprint density at radius 1 is 1.33 bits per heavy atom. The molecule has 0 bridgehead atoms. The Morgan fingerprint density at radius 3 is 3.00 bits per heavy atom. The van der Waals surface area contributed by atoms with Gasteiger partial charge < -0.3 is 16.0 Å². The first kappa shape index (κ1) is 9.19. The number of nitrogens with two attached hydrogens (primary N) is 1. The average Bonchev–Trinajstić information content (AvgIpc) is 2.24. The molecule has 1 aromatic rings. The van der Waals surface area contributed by atoms with E-state index in [2.05, 4.69) is 28.4 Å². The molecule has 0 unspecified atom stereocenters. The largest absolute Gasteiger partial charge is 0.368 e. The van der Waals surface area contributed by atoms with Gasteiger partial charge >= 0.3 is 0 Å². The van der Waals surface area contributed by atoms with Crippen molar-refractivity contribution >= 4 is 5.69 Å². The van der Waals surface area contributed by atoms with Crippen molar-refractivity contribution in [3.63, 3.8) is 0 Å². The van der Waals surface area contributed by atoms with Gasteiger partial charge in [-0.15, -0.1) is 0 Å². The molecule has 0 atom stereocenters. The molecule has 80 valence electrons. The molecule has 2 aliphatic heterocycles. The van der Waals surface area contributed by atoms with Gasteiger partial charge in [-0.1, -0.05) is 12.1 Å². The van der Waals surface area contributed by atoms with Crippen LogP contribution in [0.4, 0.5) is 5.69 Å². The Morgan fingerprint density at radius 2 is 2.20 bits per heavy atom. The van der Waals surface area contributed by atoms with Crippen LogP contribution in [0, 0.1) is 0 Å². The smallest absolute Gasteiger partial charge is 0.0403 e. The molecule has 3 rings (SSSR count). The van der Waals surface area contributed by atoms with Crippen LogP contribution in [0.3, 0.4) is 0 Å². The fraction of sp³-hybridized carbons (Fsp3) is 0.500. The summed E-state index contributed by atoms with van der Waals surface area (Å²) in [4.78, 5) is 2.40. The van der Waals surface area contributed by atoms with Gasteiger partial charge in [0.1, 0.15) is 0 Å². The predicted octanol–water partition coefficient (Wildman–Crippen LogP) is 0.480. The summed E-state index contributed by atoms with van der Waals surface area (Å²) in [5, 5.41) is 3.41. The standard InChI is InChI=1S/C12H17N3/c13-10-7-15(8-10)12-3-1-2-9-6-14-5-4-11(9)12/h1-3,10,14H,4-8,13H2. The van der Waals surface area contributed by atoms with Crippen molar-refractivity contribution in [2.75, 3.05) is 24.5 Å². The molecule has 0 spiro atoms. The molecular weight excluding hydrogens is 186 g/mol. The van der Waals surface area contributed by atoms with Crippen molar-refractivity contribution in [2.45, 2.75) is 19.0 Å². The summed E-state index contributed by atoms with van der Waals surface area (Å²) in [6, 6.07) is 6.99. The molecule has 15 heavy (non-hydrogen) atoms. The van der Waals surface area contributed by atoms with E-state index in [9.17, 15) is 0 Å². The number of nitrogens with zero attached hydrogens (tertiary/aromatic N) is 1. The number of benzene rings is 1. The first-order valence-electron chi connectivity index (χ1n) is 5.66. The van der Waals surface area contributed by atoms with E-state index in [0.717, 1.165) is 32.6 Å². The lowest BCUT2D eigenvalue weighted by Crippen LogP contribution is -2.56. The van der Waals surface area contributed by atoms with Gasteiger partial charge in [0.05, 0.1) is 0 Å². The summed E-state index contributed by atoms with van der Waals surface area (Å²) < 4.78 is 0. The second kappa shape index (κ2) is 3.51. The molecule has 0 aromatic heterocycles. The molecule has 3 nitrogen and oxygen atoms in total. The Balaban J connectivity index is 1.93. The Labute approximate surface area is 90.3 Å². The Hall–Kier alpha value is -1.06. The summed E-state index contributed by atoms with van der Waals surface area (Å²) >= 11 is 0. The third-order valence-corrected chi connectivity index (χ3v) is 3.37. The van der Waals surface area contributed by atoms with Crippen LogP contribution in [0.25, 0.3) is 0 Å². The van der Waals surface area contributed by atoms with Crippen LogP contribution < -0.4 is 16.0 Å². The second-order valence-corrected chi connectivity index (χ2v) is 4.51. The average molecular weight is 203 g/mol. The Bertz CT molecular complexity index is 369. The van der Waals surface area contributed by atoms with E-state index in [4.69, 9.17) is 5.73 Å². The van der Waals surface area contributed by atoms with Gasteiger partial charge in [0.25, 0.3) is 0 Å². The predicted molar refractivity (Wildman–Crippen MR) is 62.0 cm³/mol. The first-order valence-corrected chi connectivity index (χ1v) is 5.66. The van der Waals surface area contributed by atoms with Crippen LogP contribution in [-0.4, -0.2) is 25.7 Å². The monoisotopic (exact) mass is 203 g/mol. The highest BCUT2D eigenvalue weighted by atomic mass is 15.2. The number of fused-ring (bicyclic) bond motifs is 1. The lowest BCUT2D eigenvalue weighted by Gasteiger charge is -2.41. The molecule has 1 fully saturated rings. The van der Waals surface area contributed by atoms with Gasteiger partial charge in [-0.05, 0) is 30.2 Å². The normalized spacial score (nSPS) is 21.0. The minimum absolute atomic E-state index is 0.377. The minimum atomic E-state index is 0.377. The number of anilines is 1. The molecule has 0 amide bonds. The maximum absolute atomic E-state index is 5.83. The lowest BCUT2D eigenvalue weighted by atomic mass is 9.96. The van der Waals surface area contributed by atoms with Gasteiger partial charge in [0.2, 0.25) is 0 Å². The zero-order valence-electron chi connectivity index (χ0n) is 8.87. The van der Waals surface area contributed by atoms with Gasteiger partial charge in [0.15, 0.2) is 0 Å². The topological polar surface area (TPSA) is 41.3 Å². The van der Waals surface area contributed by atoms with E-state index in [1.54, 1.807) is 0 Å². The fourth-order valence-corrected chi connectivity index (χ4v) is 2.52. The summed E-state index contributed by atoms with van der Waals surface area (Å²) in [5.74, 6) is 0. The van der Waals surface area contributed by atoms with Crippen molar-refractivity contribution in [2.24, 2.45) is 5.73 Å². The maximum atomic E-state index is 5.83. The SMILES string of the molecule is NC1CN(c2cccc3c2CCNC3)C1. The second-order valence-electron chi connectivity index (χ2n) is 4.51. The highest BCUT2D eigenvalue weighted by Gasteiger charge is 2.26. The van der Waals surface area contributed by atoms with Crippen LogP contribution in [0.1, 0.15) is 11.1 Å². The van der Waals surface area contributed by atoms with Crippen LogP contribution >= 0.6 is 0 Å². The van der Waals surface area contributed by atoms with Crippen molar-refractivity contribution in [3.8, 4) is 0 Å². The van der Waals surface area contributed by atoms with E-state index >= 15 is 0 Å². The molecule has 3 heteroatoms. The molecule has 0 saturated carbocycles. The van der Waals surface area contributed by atoms with E-state index in [1.807, 2.05) is 0 Å². The summed E-state index contributed by atoms with van der Waals surface area (Å²) in [5.41, 5.74) is 10.2. The summed E-state index contributed by atoms with van der Waals surface area (Å²) in [6.45, 7) is 4.15. The summed E-state index contributed by atoms with van der Waals surface area (Å²) in [6.07, 6.45) is 1.15.